The van der Waals surface area contributed by atoms with Gasteiger partial charge in [0.25, 0.3) is 0 Å². The van der Waals surface area contributed by atoms with Gasteiger partial charge in [0, 0.05) is 28.7 Å². The summed E-state index contributed by atoms with van der Waals surface area (Å²) in [5, 5.41) is 10.3. The highest BCUT2D eigenvalue weighted by Crippen LogP contribution is 2.29. The summed E-state index contributed by atoms with van der Waals surface area (Å²) >= 11 is 7.87. The molecule has 0 aliphatic carbocycles. The van der Waals surface area contributed by atoms with Crippen molar-refractivity contribution >= 4 is 23.4 Å². The van der Waals surface area contributed by atoms with Crippen molar-refractivity contribution in [1.82, 2.24) is 19.7 Å². The number of nitrogens with zero attached hydrogens (tertiary/aromatic N) is 4. The third-order valence-electron chi connectivity index (χ3n) is 3.86. The quantitative estimate of drug-likeness (QED) is 0.443. The van der Waals surface area contributed by atoms with Crippen LogP contribution < -0.4 is 0 Å². The average molecular weight is 383 g/mol. The summed E-state index contributed by atoms with van der Waals surface area (Å²) in [7, 11) is 0. The van der Waals surface area contributed by atoms with Gasteiger partial charge in [0.05, 0.1) is 12.8 Å². The lowest BCUT2D eigenvalue weighted by Crippen LogP contribution is -2.03. The van der Waals surface area contributed by atoms with Gasteiger partial charge in [0.1, 0.15) is 5.76 Å². The Kier molecular flexibility index (Phi) is 5.04. The van der Waals surface area contributed by atoms with E-state index in [0.29, 0.717) is 12.3 Å². The van der Waals surface area contributed by atoms with Gasteiger partial charge in [-0.05, 0) is 35.9 Å². The molecule has 3 heterocycles. The summed E-state index contributed by atoms with van der Waals surface area (Å²) in [5.74, 6) is 2.34. The van der Waals surface area contributed by atoms with E-state index < -0.39 is 0 Å². The Bertz CT molecular complexity index is 986. The van der Waals surface area contributed by atoms with E-state index in [0.717, 1.165) is 32.9 Å². The van der Waals surface area contributed by atoms with Crippen LogP contribution in [0.25, 0.3) is 11.4 Å². The van der Waals surface area contributed by atoms with Crippen LogP contribution >= 0.6 is 23.4 Å². The number of halogens is 1. The van der Waals surface area contributed by atoms with E-state index in [9.17, 15) is 0 Å². The molecule has 7 heteroatoms. The van der Waals surface area contributed by atoms with Crippen molar-refractivity contribution in [3.05, 3.63) is 83.5 Å². The van der Waals surface area contributed by atoms with E-state index in [1.807, 2.05) is 48.5 Å². The largest absolute Gasteiger partial charge is 0.467 e. The van der Waals surface area contributed by atoms with Crippen molar-refractivity contribution in [1.29, 1.82) is 0 Å². The average Bonchev–Trinajstić information content (AvgIpc) is 3.32. The fourth-order valence-electron chi connectivity index (χ4n) is 2.57. The van der Waals surface area contributed by atoms with Crippen LogP contribution in [-0.2, 0) is 12.3 Å². The summed E-state index contributed by atoms with van der Waals surface area (Å²) in [5.41, 5.74) is 2.03. The molecule has 0 atom stereocenters. The predicted octanol–water partition coefficient (Wildman–Crippen LogP) is 4.93. The zero-order chi connectivity index (χ0) is 17.8. The highest BCUT2D eigenvalue weighted by Gasteiger charge is 2.16. The van der Waals surface area contributed by atoms with Crippen LogP contribution in [0.15, 0.2) is 76.8 Å². The van der Waals surface area contributed by atoms with Gasteiger partial charge in [0.15, 0.2) is 11.0 Å². The molecule has 0 bridgehead atoms. The minimum absolute atomic E-state index is 0.558. The number of rotatable bonds is 6. The molecule has 26 heavy (non-hydrogen) atoms. The summed E-state index contributed by atoms with van der Waals surface area (Å²) in [6, 6.07) is 15.5. The molecule has 0 saturated heterocycles. The standard InChI is InChI=1S/C19H15ClN4OS/c20-17-6-2-1-4-15(17)13-26-19-23-22-18(14-7-9-21-10-8-14)24(19)12-16-5-3-11-25-16/h1-11H,12-13H2. The molecule has 0 aliphatic heterocycles. The molecule has 4 aromatic rings. The van der Waals surface area contributed by atoms with Crippen LogP contribution in [0.4, 0.5) is 0 Å². The molecule has 0 radical (unpaired) electrons. The molecule has 0 N–H and O–H groups in total. The van der Waals surface area contributed by atoms with Gasteiger partial charge in [-0.25, -0.2) is 0 Å². The van der Waals surface area contributed by atoms with Crippen molar-refractivity contribution in [2.24, 2.45) is 0 Å². The fraction of sp³-hybridized carbons (Fsp3) is 0.105. The Morgan fingerprint density at radius 1 is 1.00 bits per heavy atom. The Hall–Kier alpha value is -2.57. The topological polar surface area (TPSA) is 56.7 Å². The Labute approximate surface area is 160 Å². The molecule has 0 fully saturated rings. The molecule has 1 aromatic carbocycles. The maximum absolute atomic E-state index is 6.27. The van der Waals surface area contributed by atoms with Gasteiger partial charge in [-0.2, -0.15) is 0 Å². The number of benzene rings is 1. The van der Waals surface area contributed by atoms with E-state index >= 15 is 0 Å². The maximum atomic E-state index is 6.27. The van der Waals surface area contributed by atoms with Crippen molar-refractivity contribution in [2.45, 2.75) is 17.5 Å². The Morgan fingerprint density at radius 3 is 2.62 bits per heavy atom. The van der Waals surface area contributed by atoms with Crippen molar-refractivity contribution in [3.8, 4) is 11.4 Å². The van der Waals surface area contributed by atoms with Crippen LogP contribution in [0.3, 0.4) is 0 Å². The van der Waals surface area contributed by atoms with Gasteiger partial charge >= 0.3 is 0 Å². The van der Waals surface area contributed by atoms with E-state index in [1.165, 1.54) is 0 Å². The minimum Gasteiger partial charge on any atom is -0.467 e. The van der Waals surface area contributed by atoms with Gasteiger partial charge in [0.2, 0.25) is 0 Å². The molecule has 0 saturated carbocycles. The number of aromatic nitrogens is 4. The predicted molar refractivity (Wildman–Crippen MR) is 102 cm³/mol. The number of hydrogen-bond donors (Lipinski definition) is 0. The molecule has 0 amide bonds. The minimum atomic E-state index is 0.558. The molecule has 4 rings (SSSR count). The normalized spacial score (nSPS) is 11.0. The first-order chi connectivity index (χ1) is 12.8. The van der Waals surface area contributed by atoms with E-state index in [4.69, 9.17) is 16.0 Å². The van der Waals surface area contributed by atoms with Crippen LogP contribution in [0.1, 0.15) is 11.3 Å². The van der Waals surface area contributed by atoms with Crippen LogP contribution in [0.2, 0.25) is 5.02 Å². The lowest BCUT2D eigenvalue weighted by Gasteiger charge is -2.09. The second-order valence-corrected chi connectivity index (χ2v) is 6.94. The maximum Gasteiger partial charge on any atom is 0.192 e. The lowest BCUT2D eigenvalue weighted by atomic mass is 10.2. The Morgan fingerprint density at radius 2 is 1.85 bits per heavy atom. The van der Waals surface area contributed by atoms with Crippen molar-refractivity contribution < 1.29 is 4.42 Å². The monoisotopic (exact) mass is 382 g/mol. The Balaban J connectivity index is 1.65. The van der Waals surface area contributed by atoms with Crippen LogP contribution in [0, 0.1) is 0 Å². The number of pyridine rings is 1. The first kappa shape index (κ1) is 16.9. The zero-order valence-electron chi connectivity index (χ0n) is 13.7. The van der Waals surface area contributed by atoms with Crippen LogP contribution in [-0.4, -0.2) is 19.7 Å². The molecule has 0 unspecified atom stereocenters. The van der Waals surface area contributed by atoms with Crippen molar-refractivity contribution in [2.75, 3.05) is 0 Å². The third kappa shape index (κ3) is 3.66. The number of hydrogen-bond acceptors (Lipinski definition) is 5. The van der Waals surface area contributed by atoms with E-state index in [2.05, 4.69) is 19.7 Å². The van der Waals surface area contributed by atoms with Crippen LogP contribution in [0.5, 0.6) is 0 Å². The first-order valence-corrected chi connectivity index (χ1v) is 9.40. The summed E-state index contributed by atoms with van der Waals surface area (Å²) in [6.45, 7) is 0.558. The van der Waals surface area contributed by atoms with Gasteiger partial charge < -0.3 is 4.42 Å². The smallest absolute Gasteiger partial charge is 0.192 e. The molecule has 130 valence electrons. The van der Waals surface area contributed by atoms with E-state index in [1.54, 1.807) is 30.4 Å². The zero-order valence-corrected chi connectivity index (χ0v) is 15.3. The fourth-order valence-corrected chi connectivity index (χ4v) is 3.79. The number of furan rings is 1. The summed E-state index contributed by atoms with van der Waals surface area (Å²) in [6.07, 6.45) is 5.16. The third-order valence-corrected chi connectivity index (χ3v) is 5.25. The molecular weight excluding hydrogens is 368 g/mol. The van der Waals surface area contributed by atoms with Crippen molar-refractivity contribution in [3.63, 3.8) is 0 Å². The molecule has 0 aliphatic rings. The van der Waals surface area contributed by atoms with Gasteiger partial charge in [-0.15, -0.1) is 10.2 Å². The molecule has 0 spiro atoms. The second kappa shape index (κ2) is 7.76. The molecule has 5 nitrogen and oxygen atoms in total. The van der Waals surface area contributed by atoms with Gasteiger partial charge in [-0.3, -0.25) is 9.55 Å². The highest BCUT2D eigenvalue weighted by molar-refractivity contribution is 7.98. The number of thioether (sulfide) groups is 1. The lowest BCUT2D eigenvalue weighted by molar-refractivity contribution is 0.485. The molecular formula is C19H15ClN4OS. The van der Waals surface area contributed by atoms with E-state index in [-0.39, 0.29) is 0 Å². The molecule has 3 aromatic heterocycles. The first-order valence-electron chi connectivity index (χ1n) is 8.03. The highest BCUT2D eigenvalue weighted by atomic mass is 35.5. The SMILES string of the molecule is Clc1ccccc1CSc1nnc(-c2ccncc2)n1Cc1ccco1. The van der Waals surface area contributed by atoms with Gasteiger partial charge in [-0.1, -0.05) is 41.6 Å². The second-order valence-electron chi connectivity index (χ2n) is 5.59. The summed E-state index contributed by atoms with van der Waals surface area (Å²) in [4.78, 5) is 4.07. The summed E-state index contributed by atoms with van der Waals surface area (Å²) < 4.78 is 7.57.